The summed E-state index contributed by atoms with van der Waals surface area (Å²) in [6, 6.07) is 10.2. The van der Waals surface area contributed by atoms with Crippen LogP contribution < -0.4 is 34.4 Å². The number of nitrogens with two attached hydrogens (primary N) is 6. The minimum atomic E-state index is 0. The molecule has 0 saturated carbocycles. The lowest BCUT2D eigenvalue weighted by molar-refractivity contribution is 0.198. The number of unbranched alkanes of at least 4 members (excludes halogenated alkanes) is 1. The maximum atomic E-state index is 8.66. The average molecular weight is 990 g/mol. The first kappa shape index (κ1) is 74.6. The SMILES string of the molecule is C=CC#N.NCCCCN(CCCN)CCN(CCCN)CCCN.NCCN.[C-]#[N+]CCCN(CC[N+]#[C-])CCN(CCC#N)CCC#N.[C-]#[N+]CCCN(CC[N+]#[C-])CCN(CCC#N)CCC#N.[HH]. The first-order valence-corrected chi connectivity index (χ1v) is 25.0. The molecule has 21 heteroatoms. The summed E-state index contributed by atoms with van der Waals surface area (Å²) in [6.07, 6.45) is 10.1. The average Bonchev–Trinajstić information content (AvgIpc) is 3.40. The van der Waals surface area contributed by atoms with Crippen LogP contribution in [-0.2, 0) is 0 Å². The van der Waals surface area contributed by atoms with E-state index in [1.165, 1.54) is 12.5 Å². The molecule has 0 aromatic carbocycles. The molecule has 71 heavy (non-hydrogen) atoms. The van der Waals surface area contributed by atoms with Crippen molar-refractivity contribution in [3.05, 3.63) is 58.3 Å². The molecule has 0 heterocycles. The van der Waals surface area contributed by atoms with Crippen molar-refractivity contribution in [3.8, 4) is 30.3 Å². The van der Waals surface area contributed by atoms with Gasteiger partial charge in [0.2, 0.25) is 26.2 Å². The zero-order valence-electron chi connectivity index (χ0n) is 43.5. The van der Waals surface area contributed by atoms with Gasteiger partial charge in [-0.05, 0) is 84.5 Å². The Morgan fingerprint density at radius 1 is 0.338 bits per heavy atom. The fourth-order valence-corrected chi connectivity index (χ4v) is 6.25. The number of nitriles is 5. The van der Waals surface area contributed by atoms with Crippen LogP contribution in [0, 0.1) is 82.9 Å². The van der Waals surface area contributed by atoms with Gasteiger partial charge in [0.25, 0.3) is 0 Å². The lowest BCUT2D eigenvalue weighted by Crippen LogP contribution is -2.38. The Morgan fingerprint density at radius 3 is 0.803 bits per heavy atom. The van der Waals surface area contributed by atoms with Gasteiger partial charge < -0.3 is 73.4 Å². The van der Waals surface area contributed by atoms with E-state index in [1.54, 1.807) is 6.07 Å². The summed E-state index contributed by atoms with van der Waals surface area (Å²) in [7, 11) is 0. The number of hydrogen-bond acceptors (Lipinski definition) is 17. The van der Waals surface area contributed by atoms with Crippen molar-refractivity contribution in [3.63, 3.8) is 0 Å². The van der Waals surface area contributed by atoms with Gasteiger partial charge in [0, 0.05) is 138 Å². The van der Waals surface area contributed by atoms with Crippen LogP contribution in [0.25, 0.3) is 19.4 Å². The zero-order chi connectivity index (χ0) is 54.1. The van der Waals surface area contributed by atoms with Gasteiger partial charge in [-0.25, -0.2) is 26.3 Å². The maximum absolute atomic E-state index is 8.66. The summed E-state index contributed by atoms with van der Waals surface area (Å²) in [5.41, 5.74) is 32.3. The molecule has 0 spiro atoms. The second kappa shape index (κ2) is 68.9. The number of allylic oxidation sites excluding steroid dienone is 1. The second-order valence-corrected chi connectivity index (χ2v) is 15.7. The molecule has 0 rings (SSSR count). The van der Waals surface area contributed by atoms with Crippen molar-refractivity contribution < 1.29 is 1.43 Å². The van der Waals surface area contributed by atoms with Crippen molar-refractivity contribution >= 4 is 0 Å². The van der Waals surface area contributed by atoms with Crippen LogP contribution in [0.15, 0.2) is 12.7 Å². The van der Waals surface area contributed by atoms with E-state index in [4.69, 9.17) is 87.0 Å². The summed E-state index contributed by atoms with van der Waals surface area (Å²) in [5.74, 6) is 0. The van der Waals surface area contributed by atoms with Crippen LogP contribution in [0.4, 0.5) is 0 Å². The summed E-state index contributed by atoms with van der Waals surface area (Å²) >= 11 is 0. The summed E-state index contributed by atoms with van der Waals surface area (Å²) in [4.78, 5) is 27.1. The summed E-state index contributed by atoms with van der Waals surface area (Å²) in [6.45, 7) is 52.2. The Labute approximate surface area is 432 Å². The lowest BCUT2D eigenvalue weighted by atomic mass is 10.2. The minimum Gasteiger partial charge on any atom is -0.330 e. The van der Waals surface area contributed by atoms with Crippen LogP contribution in [0.1, 0.15) is 72.1 Å². The summed E-state index contributed by atoms with van der Waals surface area (Å²) in [5, 5.41) is 42.2. The smallest absolute Gasteiger partial charge is 0.227 e. The molecule has 12 N–H and O–H groups in total. The van der Waals surface area contributed by atoms with E-state index in [1.807, 2.05) is 0 Å². The minimum absolute atomic E-state index is 0. The van der Waals surface area contributed by atoms with Gasteiger partial charge in [0.1, 0.15) is 0 Å². The van der Waals surface area contributed by atoms with Crippen molar-refractivity contribution in [1.29, 1.82) is 26.3 Å². The molecule has 0 aromatic heterocycles. The van der Waals surface area contributed by atoms with Crippen LogP contribution in [0.5, 0.6) is 0 Å². The maximum Gasteiger partial charge on any atom is 0.227 e. The molecular weight excluding hydrogens is 895 g/mol. The van der Waals surface area contributed by atoms with Crippen molar-refractivity contribution in [2.45, 2.75) is 70.6 Å². The quantitative estimate of drug-likeness (QED) is 0.0291. The highest BCUT2D eigenvalue weighted by Gasteiger charge is 2.13. The molecule has 0 unspecified atom stereocenters. The number of rotatable bonds is 41. The Balaban J connectivity index is -0.000000209. The molecule has 0 aliphatic carbocycles. The van der Waals surface area contributed by atoms with Crippen LogP contribution >= 0.6 is 0 Å². The third-order valence-corrected chi connectivity index (χ3v) is 10.1. The highest BCUT2D eigenvalue weighted by molar-refractivity contribution is 4.93. The van der Waals surface area contributed by atoms with E-state index >= 15 is 0 Å². The van der Waals surface area contributed by atoms with E-state index in [2.05, 4.69) is 79.6 Å². The van der Waals surface area contributed by atoms with Gasteiger partial charge in [-0.15, -0.1) is 0 Å². The molecule has 0 saturated heterocycles. The van der Waals surface area contributed by atoms with Gasteiger partial charge >= 0.3 is 0 Å². The molecule has 0 bridgehead atoms. The van der Waals surface area contributed by atoms with Gasteiger partial charge in [-0.3, -0.25) is 9.80 Å². The lowest BCUT2D eigenvalue weighted by Gasteiger charge is -2.27. The van der Waals surface area contributed by atoms with E-state index in [0.717, 1.165) is 143 Å². The molecule has 21 nitrogen and oxygen atoms in total. The van der Waals surface area contributed by atoms with Gasteiger partial charge in [-0.2, -0.15) is 26.3 Å². The largest absolute Gasteiger partial charge is 0.330 e. The predicted molar refractivity (Wildman–Crippen MR) is 290 cm³/mol. The Hall–Kier alpha value is -5.33. The van der Waals surface area contributed by atoms with Crippen LogP contribution in [-0.4, -0.2) is 213 Å². The van der Waals surface area contributed by atoms with Crippen molar-refractivity contribution in [1.82, 2.24) is 29.4 Å². The van der Waals surface area contributed by atoms with Gasteiger partial charge in [0.05, 0.1) is 43.4 Å². The van der Waals surface area contributed by atoms with E-state index in [-0.39, 0.29) is 1.43 Å². The molecule has 0 amide bonds. The van der Waals surface area contributed by atoms with Crippen LogP contribution in [0.2, 0.25) is 0 Å². The topological polar surface area (TPSA) is 312 Å². The second-order valence-electron chi connectivity index (χ2n) is 15.7. The third kappa shape index (κ3) is 64.7. The first-order chi connectivity index (χ1) is 34.7. The molecule has 0 fully saturated rings. The van der Waals surface area contributed by atoms with Gasteiger partial charge in [-0.1, -0.05) is 6.58 Å². The van der Waals surface area contributed by atoms with Crippen molar-refractivity contribution in [2.75, 3.05) is 183 Å². The Bertz CT molecular complexity index is 1410. The first-order valence-electron chi connectivity index (χ1n) is 25.0. The number of hydrogen-bond donors (Lipinski definition) is 6. The fourth-order valence-electron chi connectivity index (χ4n) is 6.25. The molecular formula is C50H95N21. The Kier molecular flexibility index (Phi) is 72.4. The number of nitrogens with zero attached hydrogens (tertiary/aromatic N) is 15. The molecule has 0 aliphatic heterocycles. The Morgan fingerprint density at radius 2 is 0.577 bits per heavy atom. The standard InChI is InChI=1S/2C15H22N6.C15H38N6.C3H3N.C2H8N2.H2/c2*1-18-8-5-12-21(13-9-19-2)15-14-20(10-3-6-16)11-4-7-17;16-6-1-2-10-20(11-3-7-17)14-15-21(12-4-8-18)13-5-9-19;1-2-3-4;3-1-2-4;/h2*3-5,8-15H2;1-19H2;2H,1H2;1-4H2;1H. The molecule has 400 valence electrons. The molecule has 0 atom stereocenters. The monoisotopic (exact) mass is 990 g/mol. The normalized spacial score (nSPS) is 9.90. The molecule has 0 aliphatic rings. The van der Waals surface area contributed by atoms with E-state index < -0.39 is 0 Å². The van der Waals surface area contributed by atoms with Crippen LogP contribution in [0.3, 0.4) is 0 Å². The zero-order valence-corrected chi connectivity index (χ0v) is 43.5. The van der Waals surface area contributed by atoms with Gasteiger partial charge in [0.15, 0.2) is 0 Å². The fraction of sp³-hybridized carbons (Fsp3) is 0.780. The summed E-state index contributed by atoms with van der Waals surface area (Å²) < 4.78 is 0. The highest BCUT2D eigenvalue weighted by atomic mass is 15.2. The van der Waals surface area contributed by atoms with Crippen molar-refractivity contribution in [2.24, 2.45) is 34.4 Å². The predicted octanol–water partition coefficient (Wildman–Crippen LogP) is 2.51. The highest BCUT2D eigenvalue weighted by Crippen LogP contribution is 2.02. The third-order valence-electron chi connectivity index (χ3n) is 10.1. The van der Waals surface area contributed by atoms with E-state index in [0.29, 0.717) is 104 Å². The van der Waals surface area contributed by atoms with E-state index in [9.17, 15) is 0 Å². The molecule has 0 radical (unpaired) electrons. The molecule has 0 aromatic rings.